The number of nitrogens with zero attached hydrogens (tertiary/aromatic N) is 2. The van der Waals surface area contributed by atoms with Crippen molar-refractivity contribution in [1.82, 2.24) is 10.3 Å². The normalized spacial score (nSPS) is 15.1. The van der Waals surface area contributed by atoms with Crippen LogP contribution in [0.25, 0.3) is 11.1 Å². The molecule has 1 aliphatic heterocycles. The van der Waals surface area contributed by atoms with Gasteiger partial charge in [-0.1, -0.05) is 37.5 Å². The van der Waals surface area contributed by atoms with Crippen LogP contribution >= 0.6 is 0 Å². The summed E-state index contributed by atoms with van der Waals surface area (Å²) in [6, 6.07) is 17.0. The maximum atomic E-state index is 13.5. The van der Waals surface area contributed by atoms with Crippen LogP contribution in [0.15, 0.2) is 67.0 Å². The van der Waals surface area contributed by atoms with Gasteiger partial charge in [-0.15, -0.1) is 0 Å². The van der Waals surface area contributed by atoms with Gasteiger partial charge >= 0.3 is 0 Å². The van der Waals surface area contributed by atoms with Crippen LogP contribution in [0.2, 0.25) is 0 Å². The van der Waals surface area contributed by atoms with E-state index in [0.717, 1.165) is 48.2 Å². The standard InChI is InChI=1S/C27H30N4O2/c28-26(32)23-8-6-7-21(17-23)22-9-10-25-24(18-22)19-30-13-4-2-1-3-5-16-31(25)27(33)20-11-14-29-15-12-20/h6-12,14-15,17-18,30H,1-5,13,16,19H2,(H2,28,32). The molecule has 4 rings (SSSR count). The molecule has 0 atom stereocenters. The number of amides is 2. The molecular formula is C27H30N4O2. The lowest BCUT2D eigenvalue weighted by Gasteiger charge is -2.27. The molecule has 6 heteroatoms. The molecule has 0 bridgehead atoms. The van der Waals surface area contributed by atoms with Gasteiger partial charge in [-0.2, -0.15) is 0 Å². The summed E-state index contributed by atoms with van der Waals surface area (Å²) in [7, 11) is 0. The van der Waals surface area contributed by atoms with Gasteiger partial charge in [-0.25, -0.2) is 0 Å². The number of hydrogen-bond donors (Lipinski definition) is 2. The van der Waals surface area contributed by atoms with Crippen molar-refractivity contribution in [3.8, 4) is 11.1 Å². The second-order valence-corrected chi connectivity index (χ2v) is 8.43. The number of nitrogens with one attached hydrogen (secondary N) is 1. The minimum Gasteiger partial charge on any atom is -0.366 e. The predicted molar refractivity (Wildman–Crippen MR) is 131 cm³/mol. The fourth-order valence-corrected chi connectivity index (χ4v) is 4.28. The van der Waals surface area contributed by atoms with Gasteiger partial charge in [-0.05, 0) is 72.5 Å². The molecule has 0 aliphatic carbocycles. The lowest BCUT2D eigenvalue weighted by atomic mass is 9.98. The topological polar surface area (TPSA) is 88.3 Å². The van der Waals surface area contributed by atoms with Crippen molar-refractivity contribution in [3.63, 3.8) is 0 Å². The van der Waals surface area contributed by atoms with Crippen molar-refractivity contribution in [2.45, 2.75) is 38.6 Å². The van der Waals surface area contributed by atoms with E-state index in [0.29, 0.717) is 24.2 Å². The van der Waals surface area contributed by atoms with Gasteiger partial charge in [0.2, 0.25) is 5.91 Å². The first-order valence-corrected chi connectivity index (χ1v) is 11.6. The fourth-order valence-electron chi connectivity index (χ4n) is 4.28. The minimum absolute atomic E-state index is 0.0146. The highest BCUT2D eigenvalue weighted by atomic mass is 16.2. The molecule has 6 nitrogen and oxygen atoms in total. The van der Waals surface area contributed by atoms with E-state index in [9.17, 15) is 9.59 Å². The predicted octanol–water partition coefficient (Wildman–Crippen LogP) is 4.55. The number of benzene rings is 2. The number of rotatable bonds is 3. The highest BCUT2D eigenvalue weighted by molar-refractivity contribution is 6.06. The Morgan fingerprint density at radius 1 is 0.848 bits per heavy atom. The summed E-state index contributed by atoms with van der Waals surface area (Å²) in [6.45, 7) is 2.28. The van der Waals surface area contributed by atoms with Crippen LogP contribution in [0.3, 0.4) is 0 Å². The Kier molecular flexibility index (Phi) is 7.47. The highest BCUT2D eigenvalue weighted by Gasteiger charge is 2.21. The second kappa shape index (κ2) is 10.9. The van der Waals surface area contributed by atoms with Crippen molar-refractivity contribution < 1.29 is 9.59 Å². The average molecular weight is 443 g/mol. The van der Waals surface area contributed by atoms with E-state index < -0.39 is 5.91 Å². The van der Waals surface area contributed by atoms with Crippen molar-refractivity contribution in [2.75, 3.05) is 18.0 Å². The molecule has 33 heavy (non-hydrogen) atoms. The summed E-state index contributed by atoms with van der Waals surface area (Å²) in [4.78, 5) is 31.1. The number of fused-ring (bicyclic) bond motifs is 1. The maximum Gasteiger partial charge on any atom is 0.258 e. The van der Waals surface area contributed by atoms with Gasteiger partial charge in [0.15, 0.2) is 0 Å². The minimum atomic E-state index is -0.445. The molecule has 0 saturated carbocycles. The van der Waals surface area contributed by atoms with Gasteiger partial charge < -0.3 is 16.0 Å². The number of carbonyl (C=O) groups excluding carboxylic acids is 2. The Labute approximate surface area is 194 Å². The second-order valence-electron chi connectivity index (χ2n) is 8.43. The van der Waals surface area contributed by atoms with Crippen LogP contribution < -0.4 is 16.0 Å². The van der Waals surface area contributed by atoms with Crippen LogP contribution in [0.5, 0.6) is 0 Å². The average Bonchev–Trinajstić information content (AvgIpc) is 2.84. The Morgan fingerprint density at radius 2 is 1.61 bits per heavy atom. The van der Waals surface area contributed by atoms with E-state index in [4.69, 9.17) is 5.73 Å². The highest BCUT2D eigenvalue weighted by Crippen LogP contribution is 2.30. The zero-order valence-electron chi connectivity index (χ0n) is 18.8. The quantitative estimate of drug-likeness (QED) is 0.623. The van der Waals surface area contributed by atoms with Crippen molar-refractivity contribution >= 4 is 17.5 Å². The number of carbonyl (C=O) groups is 2. The molecule has 0 unspecified atom stereocenters. The lowest BCUT2D eigenvalue weighted by molar-refractivity contribution is 0.0982. The summed E-state index contributed by atoms with van der Waals surface area (Å²) in [6.07, 6.45) is 8.90. The smallest absolute Gasteiger partial charge is 0.258 e. The number of hydrogen-bond acceptors (Lipinski definition) is 4. The number of nitrogens with two attached hydrogens (primary N) is 1. The zero-order valence-corrected chi connectivity index (χ0v) is 18.8. The molecule has 2 heterocycles. The van der Waals surface area contributed by atoms with E-state index >= 15 is 0 Å². The zero-order chi connectivity index (χ0) is 23.0. The van der Waals surface area contributed by atoms with Gasteiger partial charge in [0, 0.05) is 42.3 Å². The molecule has 170 valence electrons. The molecule has 3 N–H and O–H groups in total. The lowest BCUT2D eigenvalue weighted by Crippen LogP contribution is -2.33. The maximum absolute atomic E-state index is 13.5. The third-order valence-electron chi connectivity index (χ3n) is 6.07. The molecule has 0 radical (unpaired) electrons. The van der Waals surface area contributed by atoms with Crippen LogP contribution in [0.4, 0.5) is 5.69 Å². The fraction of sp³-hybridized carbons (Fsp3) is 0.296. The molecule has 2 aromatic carbocycles. The molecule has 2 amide bonds. The third-order valence-corrected chi connectivity index (χ3v) is 6.07. The SMILES string of the molecule is NC(=O)c1cccc(-c2ccc3c(c2)CNCCCCCCCN3C(=O)c2ccncc2)c1. The van der Waals surface area contributed by atoms with Gasteiger partial charge in [0.1, 0.15) is 0 Å². The summed E-state index contributed by atoms with van der Waals surface area (Å²) in [5.74, 6) is -0.460. The van der Waals surface area contributed by atoms with Gasteiger partial charge in [0.25, 0.3) is 5.91 Å². The Balaban J connectivity index is 1.74. The van der Waals surface area contributed by atoms with Gasteiger partial charge in [-0.3, -0.25) is 14.6 Å². The van der Waals surface area contributed by atoms with E-state index in [1.165, 1.54) is 12.8 Å². The van der Waals surface area contributed by atoms with E-state index in [-0.39, 0.29) is 5.91 Å². The van der Waals surface area contributed by atoms with Crippen LogP contribution in [-0.2, 0) is 6.54 Å². The summed E-state index contributed by atoms with van der Waals surface area (Å²) in [5, 5.41) is 3.54. The first kappa shape index (κ1) is 22.7. The summed E-state index contributed by atoms with van der Waals surface area (Å²) < 4.78 is 0. The van der Waals surface area contributed by atoms with Crippen LogP contribution in [0.1, 0.15) is 58.4 Å². The summed E-state index contributed by atoms with van der Waals surface area (Å²) in [5.41, 5.74) is 10.5. The molecule has 0 spiro atoms. The Hall–Kier alpha value is -3.51. The molecule has 3 aromatic rings. The van der Waals surface area contributed by atoms with E-state index in [1.54, 1.807) is 30.6 Å². The number of anilines is 1. The Morgan fingerprint density at radius 3 is 2.42 bits per heavy atom. The molecular weight excluding hydrogens is 412 g/mol. The van der Waals surface area contributed by atoms with Gasteiger partial charge in [0.05, 0.1) is 0 Å². The first-order chi connectivity index (χ1) is 16.1. The third kappa shape index (κ3) is 5.65. The van der Waals surface area contributed by atoms with Crippen molar-refractivity contribution in [3.05, 3.63) is 83.7 Å². The van der Waals surface area contributed by atoms with Crippen molar-refractivity contribution in [1.29, 1.82) is 0 Å². The molecule has 0 saturated heterocycles. The van der Waals surface area contributed by atoms with Crippen LogP contribution in [-0.4, -0.2) is 29.9 Å². The summed E-state index contributed by atoms with van der Waals surface area (Å²) >= 11 is 0. The largest absolute Gasteiger partial charge is 0.366 e. The number of pyridine rings is 1. The van der Waals surface area contributed by atoms with Crippen molar-refractivity contribution in [2.24, 2.45) is 5.73 Å². The Bertz CT molecular complexity index is 1110. The molecule has 1 aromatic heterocycles. The van der Waals surface area contributed by atoms with E-state index in [2.05, 4.69) is 16.4 Å². The molecule has 0 fully saturated rings. The monoisotopic (exact) mass is 442 g/mol. The first-order valence-electron chi connectivity index (χ1n) is 11.6. The van der Waals surface area contributed by atoms with E-state index in [1.807, 2.05) is 35.2 Å². The number of aromatic nitrogens is 1. The number of primary amides is 1. The van der Waals surface area contributed by atoms with Crippen LogP contribution in [0, 0.1) is 0 Å². The molecule has 1 aliphatic rings.